The second-order valence-corrected chi connectivity index (χ2v) is 9.32. The van der Waals surface area contributed by atoms with Crippen LogP contribution in [0.15, 0.2) is 52.3 Å². The van der Waals surface area contributed by atoms with Gasteiger partial charge in [0.2, 0.25) is 0 Å². The molecule has 1 saturated heterocycles. The largest absolute Gasteiger partial charge is 0.376 e. The van der Waals surface area contributed by atoms with Gasteiger partial charge in [-0.3, -0.25) is 9.69 Å². The number of ether oxygens (including phenoxy) is 1. The van der Waals surface area contributed by atoms with Gasteiger partial charge in [0.05, 0.1) is 28.4 Å². The third-order valence-corrected chi connectivity index (χ3v) is 7.37. The van der Waals surface area contributed by atoms with E-state index in [1.54, 1.807) is 34.9 Å². The molecule has 0 radical (unpaired) electrons. The van der Waals surface area contributed by atoms with Crippen LogP contribution in [0.4, 0.5) is 5.13 Å². The Balaban J connectivity index is 1.73. The molecule has 1 unspecified atom stereocenters. The number of rotatable bonds is 6. The Morgan fingerprint density at radius 3 is 2.86 bits per heavy atom. The number of carbonyl (C=O) groups excluding carboxylic acids is 1. The van der Waals surface area contributed by atoms with Crippen molar-refractivity contribution in [2.45, 2.75) is 28.7 Å². The number of anilines is 1. The predicted octanol–water partition coefficient (Wildman–Crippen LogP) is 5.57. The van der Waals surface area contributed by atoms with Crippen molar-refractivity contribution >= 4 is 56.1 Å². The Morgan fingerprint density at radius 1 is 1.25 bits per heavy atom. The Bertz CT molecular complexity index is 983. The van der Waals surface area contributed by atoms with E-state index in [1.165, 1.54) is 4.90 Å². The summed E-state index contributed by atoms with van der Waals surface area (Å²) in [6.45, 7) is 1.31. The number of carbonyl (C=O) groups is 1. The first-order valence-corrected chi connectivity index (χ1v) is 12.5. The molecule has 3 aromatic rings. The van der Waals surface area contributed by atoms with Crippen molar-refractivity contribution in [2.24, 2.45) is 0 Å². The summed E-state index contributed by atoms with van der Waals surface area (Å²) in [6.07, 6.45) is 6.16. The van der Waals surface area contributed by atoms with Crippen LogP contribution in [0.1, 0.15) is 23.2 Å². The van der Waals surface area contributed by atoms with Crippen LogP contribution in [0, 0.1) is 0 Å². The Labute approximate surface area is 177 Å². The van der Waals surface area contributed by atoms with Crippen LogP contribution in [-0.2, 0) is 4.74 Å². The molecule has 1 amide bonds. The van der Waals surface area contributed by atoms with E-state index in [2.05, 4.69) is 18.4 Å². The van der Waals surface area contributed by atoms with E-state index in [0.717, 1.165) is 45.3 Å². The molecule has 4 nitrogen and oxygen atoms in total. The van der Waals surface area contributed by atoms with Gasteiger partial charge in [0, 0.05) is 16.4 Å². The fraction of sp³-hybridized carbons (Fsp3) is 0.333. The van der Waals surface area contributed by atoms with Gasteiger partial charge >= 0.3 is 0 Å². The highest BCUT2D eigenvalue weighted by Crippen LogP contribution is 2.34. The molecule has 146 valence electrons. The fourth-order valence-corrected chi connectivity index (χ4v) is 5.46. The lowest BCUT2D eigenvalue weighted by Crippen LogP contribution is -2.37. The highest BCUT2D eigenvalue weighted by atomic mass is 32.2. The van der Waals surface area contributed by atoms with Gasteiger partial charge in [0.15, 0.2) is 5.13 Å². The first kappa shape index (κ1) is 19.8. The molecule has 2 aromatic carbocycles. The third-order valence-electron chi connectivity index (χ3n) is 4.81. The zero-order chi connectivity index (χ0) is 19.5. The van der Waals surface area contributed by atoms with Gasteiger partial charge in [-0.15, -0.1) is 23.5 Å². The smallest absolute Gasteiger partial charge is 0.261 e. The number of aromatic nitrogens is 1. The molecule has 1 aliphatic heterocycles. The van der Waals surface area contributed by atoms with Crippen LogP contribution in [0.5, 0.6) is 0 Å². The van der Waals surface area contributed by atoms with Crippen LogP contribution >= 0.6 is 34.9 Å². The van der Waals surface area contributed by atoms with Gasteiger partial charge in [-0.1, -0.05) is 23.5 Å². The van der Waals surface area contributed by atoms with Gasteiger partial charge in [0.1, 0.15) is 0 Å². The van der Waals surface area contributed by atoms with E-state index >= 15 is 0 Å². The van der Waals surface area contributed by atoms with Gasteiger partial charge in [0.25, 0.3) is 5.91 Å². The van der Waals surface area contributed by atoms with Crippen molar-refractivity contribution in [3.63, 3.8) is 0 Å². The van der Waals surface area contributed by atoms with Crippen LogP contribution in [0.2, 0.25) is 0 Å². The lowest BCUT2D eigenvalue weighted by atomic mass is 10.1. The molecule has 0 bridgehead atoms. The molecule has 2 heterocycles. The molecule has 7 heteroatoms. The maximum atomic E-state index is 13.5. The summed E-state index contributed by atoms with van der Waals surface area (Å²) in [5, 5.41) is 0.740. The number of hydrogen-bond acceptors (Lipinski definition) is 6. The van der Waals surface area contributed by atoms with Gasteiger partial charge in [-0.05, 0) is 55.7 Å². The van der Waals surface area contributed by atoms with Crippen LogP contribution < -0.4 is 4.90 Å². The zero-order valence-electron chi connectivity index (χ0n) is 15.9. The summed E-state index contributed by atoms with van der Waals surface area (Å²) < 4.78 is 6.93. The number of fused-ring (bicyclic) bond motifs is 1. The molecule has 1 aliphatic rings. The third kappa shape index (κ3) is 4.08. The minimum atomic E-state index is -0.00963. The fourth-order valence-electron chi connectivity index (χ4n) is 3.34. The van der Waals surface area contributed by atoms with E-state index in [9.17, 15) is 4.79 Å². The SMILES string of the molecule is CSc1ccc2nc(N(CC3CCCO3)C(=O)c3ccccc3SC)sc2c1. The number of benzene rings is 2. The van der Waals surface area contributed by atoms with Crippen LogP contribution in [0.25, 0.3) is 10.2 Å². The average molecular weight is 431 g/mol. The molecule has 0 spiro atoms. The Morgan fingerprint density at radius 2 is 2.11 bits per heavy atom. The predicted molar refractivity (Wildman–Crippen MR) is 120 cm³/mol. The molecule has 0 N–H and O–H groups in total. The van der Waals surface area contributed by atoms with Crippen molar-refractivity contribution in [3.05, 3.63) is 48.0 Å². The lowest BCUT2D eigenvalue weighted by molar-refractivity contribution is 0.0915. The molecule has 1 aromatic heterocycles. The van der Waals surface area contributed by atoms with Crippen molar-refractivity contribution < 1.29 is 9.53 Å². The lowest BCUT2D eigenvalue weighted by Gasteiger charge is -2.24. The molecular formula is C21H22N2O2S3. The van der Waals surface area contributed by atoms with Gasteiger partial charge in [-0.2, -0.15) is 0 Å². The first-order chi connectivity index (χ1) is 13.7. The minimum Gasteiger partial charge on any atom is -0.376 e. The second kappa shape index (κ2) is 8.86. The normalized spacial score (nSPS) is 16.6. The van der Waals surface area contributed by atoms with E-state index in [-0.39, 0.29) is 12.0 Å². The number of nitrogens with zero attached hydrogens (tertiary/aromatic N) is 2. The number of thioether (sulfide) groups is 2. The topological polar surface area (TPSA) is 42.4 Å². The molecule has 1 fully saturated rings. The van der Waals surface area contributed by atoms with Crippen LogP contribution in [-0.4, -0.2) is 42.7 Å². The molecule has 4 rings (SSSR count). The van der Waals surface area contributed by atoms with E-state index in [4.69, 9.17) is 9.72 Å². The molecular weight excluding hydrogens is 408 g/mol. The molecule has 28 heavy (non-hydrogen) atoms. The molecule has 0 saturated carbocycles. The molecule has 0 aliphatic carbocycles. The monoisotopic (exact) mass is 430 g/mol. The van der Waals surface area contributed by atoms with Crippen molar-refractivity contribution in [2.75, 3.05) is 30.6 Å². The van der Waals surface area contributed by atoms with E-state index in [1.807, 2.05) is 41.5 Å². The highest BCUT2D eigenvalue weighted by Gasteiger charge is 2.28. The van der Waals surface area contributed by atoms with Crippen LogP contribution in [0.3, 0.4) is 0 Å². The zero-order valence-corrected chi connectivity index (χ0v) is 18.3. The van der Waals surface area contributed by atoms with Gasteiger partial charge in [-0.25, -0.2) is 4.98 Å². The first-order valence-electron chi connectivity index (χ1n) is 9.20. The number of thiazole rings is 1. The van der Waals surface area contributed by atoms with Crippen molar-refractivity contribution in [1.82, 2.24) is 4.98 Å². The maximum absolute atomic E-state index is 13.5. The summed E-state index contributed by atoms with van der Waals surface area (Å²) in [7, 11) is 0. The molecule has 1 atom stereocenters. The second-order valence-electron chi connectivity index (χ2n) is 6.58. The summed E-state index contributed by atoms with van der Waals surface area (Å²) in [5.41, 5.74) is 1.65. The van der Waals surface area contributed by atoms with E-state index < -0.39 is 0 Å². The Kier molecular flexibility index (Phi) is 6.25. The summed E-state index contributed by atoms with van der Waals surface area (Å²) in [6, 6.07) is 14.0. The minimum absolute atomic E-state index is 0.00963. The number of hydrogen-bond donors (Lipinski definition) is 0. The van der Waals surface area contributed by atoms with Crippen molar-refractivity contribution in [1.29, 1.82) is 0 Å². The Hall–Kier alpha value is -1.54. The summed E-state index contributed by atoms with van der Waals surface area (Å²) in [4.78, 5) is 22.3. The average Bonchev–Trinajstić information content (AvgIpc) is 3.40. The maximum Gasteiger partial charge on any atom is 0.261 e. The quantitative estimate of drug-likeness (QED) is 0.479. The number of amides is 1. The standard InChI is InChI=1S/C21H22N2O2S3/c1-26-15-9-10-17-19(12-15)28-21(22-17)23(13-14-6-5-11-25-14)20(24)16-7-3-4-8-18(16)27-2/h3-4,7-10,12,14H,5-6,11,13H2,1-2H3. The highest BCUT2D eigenvalue weighted by molar-refractivity contribution is 7.98. The van der Waals surface area contributed by atoms with E-state index in [0.29, 0.717) is 6.54 Å². The van der Waals surface area contributed by atoms with Crippen molar-refractivity contribution in [3.8, 4) is 0 Å². The van der Waals surface area contributed by atoms with Gasteiger partial charge < -0.3 is 4.74 Å². The summed E-state index contributed by atoms with van der Waals surface area (Å²) in [5.74, 6) is -0.00963. The summed E-state index contributed by atoms with van der Waals surface area (Å²) >= 11 is 4.87.